The summed E-state index contributed by atoms with van der Waals surface area (Å²) in [5, 5.41) is 10.1. The smallest absolute Gasteiger partial charge is 0.352 e. The fourth-order valence-electron chi connectivity index (χ4n) is 1.81. The zero-order chi connectivity index (χ0) is 12.6. The fourth-order valence-corrected chi connectivity index (χ4v) is 2.13. The lowest BCUT2D eigenvalue weighted by Crippen LogP contribution is -1.94. The Morgan fingerprint density at radius 1 is 1.53 bits per heavy atom. The molecule has 0 unspecified atom stereocenters. The van der Waals surface area contributed by atoms with Crippen molar-refractivity contribution in [2.75, 3.05) is 6.61 Å². The van der Waals surface area contributed by atoms with Crippen molar-refractivity contribution in [3.8, 4) is 5.75 Å². The Hall–Kier alpha value is -1.68. The van der Waals surface area contributed by atoms with Gasteiger partial charge in [0.25, 0.3) is 0 Å². The molecule has 17 heavy (non-hydrogen) atoms. The van der Waals surface area contributed by atoms with Crippen LogP contribution in [0, 0.1) is 6.92 Å². The molecule has 0 saturated heterocycles. The molecule has 0 radical (unpaired) electrons. The van der Waals surface area contributed by atoms with Crippen LogP contribution in [-0.2, 0) is 0 Å². The van der Waals surface area contributed by atoms with Crippen LogP contribution in [0.1, 0.15) is 23.0 Å². The van der Waals surface area contributed by atoms with Gasteiger partial charge in [-0.05, 0) is 31.5 Å². The molecule has 0 spiro atoms. The van der Waals surface area contributed by atoms with E-state index in [1.165, 1.54) is 0 Å². The zero-order valence-corrected chi connectivity index (χ0v) is 10.3. The van der Waals surface area contributed by atoms with E-state index in [1.54, 1.807) is 12.1 Å². The standard InChI is InChI=1S/C12H12ClNO3/c1-3-17-11-6(2)4-8(13)10-7(11)5-9(14-10)12(15)16/h4-5,14H,3H2,1-2H3,(H,15,16). The van der Waals surface area contributed by atoms with E-state index in [1.807, 2.05) is 13.8 Å². The molecule has 1 aromatic carbocycles. The van der Waals surface area contributed by atoms with Crippen LogP contribution < -0.4 is 4.74 Å². The lowest BCUT2D eigenvalue weighted by atomic mass is 10.1. The van der Waals surface area contributed by atoms with Crippen molar-refractivity contribution in [2.24, 2.45) is 0 Å². The number of H-pyrrole nitrogens is 1. The molecule has 2 aromatic rings. The lowest BCUT2D eigenvalue weighted by molar-refractivity contribution is 0.0691. The van der Waals surface area contributed by atoms with E-state index in [-0.39, 0.29) is 5.69 Å². The number of carbonyl (C=O) groups is 1. The van der Waals surface area contributed by atoms with E-state index in [4.69, 9.17) is 21.4 Å². The number of aryl methyl sites for hydroxylation is 1. The van der Waals surface area contributed by atoms with E-state index < -0.39 is 5.97 Å². The minimum absolute atomic E-state index is 0.105. The molecule has 2 N–H and O–H groups in total. The van der Waals surface area contributed by atoms with Crippen LogP contribution in [0.4, 0.5) is 0 Å². The Bertz CT molecular complexity index is 589. The highest BCUT2D eigenvalue weighted by atomic mass is 35.5. The molecule has 0 aliphatic carbocycles. The second-order valence-electron chi connectivity index (χ2n) is 3.71. The Morgan fingerprint density at radius 3 is 2.82 bits per heavy atom. The lowest BCUT2D eigenvalue weighted by Gasteiger charge is -2.09. The van der Waals surface area contributed by atoms with Crippen LogP contribution in [0.5, 0.6) is 5.75 Å². The first-order valence-corrected chi connectivity index (χ1v) is 5.60. The third-order valence-electron chi connectivity index (χ3n) is 2.52. The number of benzene rings is 1. The summed E-state index contributed by atoms with van der Waals surface area (Å²) in [6.45, 7) is 4.28. The third kappa shape index (κ3) is 1.96. The molecule has 2 rings (SSSR count). The highest BCUT2D eigenvalue weighted by molar-refractivity contribution is 6.35. The molecule has 90 valence electrons. The second-order valence-corrected chi connectivity index (χ2v) is 4.12. The van der Waals surface area contributed by atoms with Gasteiger partial charge in [-0.1, -0.05) is 11.6 Å². The van der Waals surface area contributed by atoms with Crippen molar-refractivity contribution in [2.45, 2.75) is 13.8 Å². The van der Waals surface area contributed by atoms with Gasteiger partial charge in [-0.25, -0.2) is 4.79 Å². The summed E-state index contributed by atoms with van der Waals surface area (Å²) < 4.78 is 5.53. The van der Waals surface area contributed by atoms with Gasteiger partial charge >= 0.3 is 5.97 Å². The topological polar surface area (TPSA) is 62.3 Å². The maximum Gasteiger partial charge on any atom is 0.352 e. The number of rotatable bonds is 3. The largest absolute Gasteiger partial charge is 0.493 e. The number of carboxylic acid groups (broad SMARTS) is 1. The van der Waals surface area contributed by atoms with Gasteiger partial charge in [-0.3, -0.25) is 0 Å². The summed E-state index contributed by atoms with van der Waals surface area (Å²) in [7, 11) is 0. The van der Waals surface area contributed by atoms with E-state index >= 15 is 0 Å². The van der Waals surface area contributed by atoms with Crippen LogP contribution in [0.15, 0.2) is 12.1 Å². The van der Waals surface area contributed by atoms with Gasteiger partial charge in [-0.15, -0.1) is 0 Å². The molecule has 0 amide bonds. The van der Waals surface area contributed by atoms with E-state index in [0.29, 0.717) is 28.3 Å². The van der Waals surface area contributed by atoms with Crippen molar-refractivity contribution in [3.63, 3.8) is 0 Å². The number of aromatic nitrogens is 1. The molecule has 0 fully saturated rings. The van der Waals surface area contributed by atoms with Gasteiger partial charge in [0.05, 0.1) is 17.1 Å². The number of aromatic carboxylic acids is 1. The fraction of sp³-hybridized carbons (Fsp3) is 0.250. The second kappa shape index (κ2) is 4.30. The molecule has 0 bridgehead atoms. The zero-order valence-electron chi connectivity index (χ0n) is 9.50. The first kappa shape index (κ1) is 11.8. The summed E-state index contributed by atoms with van der Waals surface area (Å²) in [5.74, 6) is -0.340. The van der Waals surface area contributed by atoms with Crippen LogP contribution in [0.3, 0.4) is 0 Å². The molecule has 0 aliphatic heterocycles. The van der Waals surface area contributed by atoms with Gasteiger partial charge in [0.2, 0.25) is 0 Å². The summed E-state index contributed by atoms with van der Waals surface area (Å²) >= 11 is 6.07. The van der Waals surface area contributed by atoms with Crippen molar-refractivity contribution in [1.82, 2.24) is 4.98 Å². The Morgan fingerprint density at radius 2 is 2.24 bits per heavy atom. The quantitative estimate of drug-likeness (QED) is 0.883. The van der Waals surface area contributed by atoms with Crippen LogP contribution in [0.2, 0.25) is 5.02 Å². The van der Waals surface area contributed by atoms with Gasteiger partial charge in [0.1, 0.15) is 11.4 Å². The number of aromatic amines is 1. The molecular formula is C12H12ClNO3. The summed E-state index contributed by atoms with van der Waals surface area (Å²) in [5.41, 5.74) is 1.59. The summed E-state index contributed by atoms with van der Waals surface area (Å²) in [4.78, 5) is 13.7. The molecule has 1 aromatic heterocycles. The van der Waals surface area contributed by atoms with Crippen LogP contribution in [-0.4, -0.2) is 22.7 Å². The number of hydrogen-bond acceptors (Lipinski definition) is 2. The van der Waals surface area contributed by atoms with Crippen molar-refractivity contribution in [3.05, 3.63) is 28.4 Å². The molecule has 0 saturated carbocycles. The number of carboxylic acids is 1. The first-order valence-electron chi connectivity index (χ1n) is 5.22. The molecular weight excluding hydrogens is 242 g/mol. The first-order chi connectivity index (χ1) is 8.04. The van der Waals surface area contributed by atoms with Crippen LogP contribution in [0.25, 0.3) is 10.9 Å². The number of nitrogens with one attached hydrogen (secondary N) is 1. The molecule has 1 heterocycles. The van der Waals surface area contributed by atoms with Gasteiger partial charge in [0.15, 0.2) is 0 Å². The normalized spacial score (nSPS) is 10.8. The minimum Gasteiger partial charge on any atom is -0.493 e. The highest BCUT2D eigenvalue weighted by Gasteiger charge is 2.15. The predicted octanol–water partition coefficient (Wildman–Crippen LogP) is 3.23. The Labute approximate surface area is 103 Å². The third-order valence-corrected chi connectivity index (χ3v) is 2.82. The average Bonchev–Trinajstić information content (AvgIpc) is 2.69. The van der Waals surface area contributed by atoms with Crippen LogP contribution >= 0.6 is 11.6 Å². The maximum atomic E-state index is 10.9. The highest BCUT2D eigenvalue weighted by Crippen LogP contribution is 2.35. The van der Waals surface area contributed by atoms with Gasteiger partial charge in [0, 0.05) is 5.39 Å². The summed E-state index contributed by atoms with van der Waals surface area (Å²) in [6.07, 6.45) is 0. The average molecular weight is 254 g/mol. The monoisotopic (exact) mass is 253 g/mol. The number of halogens is 1. The van der Waals surface area contributed by atoms with E-state index in [2.05, 4.69) is 4.98 Å². The molecule has 5 heteroatoms. The predicted molar refractivity (Wildman–Crippen MR) is 66.2 cm³/mol. The Kier molecular flexibility index (Phi) is 2.98. The van der Waals surface area contributed by atoms with E-state index in [9.17, 15) is 4.79 Å². The molecule has 0 atom stereocenters. The van der Waals surface area contributed by atoms with E-state index in [0.717, 1.165) is 5.56 Å². The molecule has 0 aliphatic rings. The molecule has 4 nitrogen and oxygen atoms in total. The van der Waals surface area contributed by atoms with Crippen molar-refractivity contribution < 1.29 is 14.6 Å². The summed E-state index contributed by atoms with van der Waals surface area (Å²) in [6, 6.07) is 3.30. The van der Waals surface area contributed by atoms with Crippen molar-refractivity contribution in [1.29, 1.82) is 0 Å². The Balaban J connectivity index is 2.75. The SMILES string of the molecule is CCOc1c(C)cc(Cl)c2[nH]c(C(=O)O)cc12. The number of ether oxygens (including phenoxy) is 1. The van der Waals surface area contributed by atoms with Gasteiger partial charge < -0.3 is 14.8 Å². The minimum atomic E-state index is -1.02. The number of hydrogen-bond donors (Lipinski definition) is 2. The maximum absolute atomic E-state index is 10.9. The van der Waals surface area contributed by atoms with Crippen molar-refractivity contribution >= 4 is 28.5 Å². The number of fused-ring (bicyclic) bond motifs is 1. The van der Waals surface area contributed by atoms with Gasteiger partial charge in [-0.2, -0.15) is 0 Å².